The van der Waals surface area contributed by atoms with Crippen molar-refractivity contribution in [3.8, 4) is 21.8 Å². The number of sulfone groups is 1. The molecule has 2 aromatic carbocycles. The number of benzene rings is 2. The molecular formula is C19H13F3N4O2S2. The third kappa shape index (κ3) is 4.26. The summed E-state index contributed by atoms with van der Waals surface area (Å²) in [6, 6.07) is 14.5. The number of hydrogen-bond donors (Lipinski definition) is 1. The number of aromatic nitrogens is 4. The molecule has 0 aliphatic rings. The van der Waals surface area contributed by atoms with E-state index in [0.29, 0.717) is 27.4 Å². The Morgan fingerprint density at radius 1 is 0.967 bits per heavy atom. The van der Waals surface area contributed by atoms with Gasteiger partial charge in [0.05, 0.1) is 11.3 Å². The third-order valence-corrected chi connectivity index (χ3v) is 7.65. The summed E-state index contributed by atoms with van der Waals surface area (Å²) in [6.45, 7) is 0. The molecule has 0 saturated heterocycles. The SMILES string of the molecule is O=S(=O)(Cc1cccc(-c2nn[nH]n2)c1)c1ccc(-c2cccc(C(F)(F)F)c2)s1. The number of hydrogen-bond acceptors (Lipinski definition) is 6. The Bertz CT molecular complexity index is 1280. The molecular weight excluding hydrogens is 437 g/mol. The van der Waals surface area contributed by atoms with E-state index in [4.69, 9.17) is 0 Å². The highest BCUT2D eigenvalue weighted by Crippen LogP contribution is 2.36. The van der Waals surface area contributed by atoms with Gasteiger partial charge in [0, 0.05) is 10.4 Å². The van der Waals surface area contributed by atoms with Crippen molar-refractivity contribution in [3.63, 3.8) is 0 Å². The minimum Gasteiger partial charge on any atom is -0.223 e. The second kappa shape index (κ2) is 7.65. The van der Waals surface area contributed by atoms with Crippen LogP contribution in [0.3, 0.4) is 0 Å². The minimum absolute atomic E-state index is 0.0832. The Morgan fingerprint density at radius 3 is 2.47 bits per heavy atom. The standard InChI is InChI=1S/C19H13F3N4O2S2/c20-19(21,22)15-6-2-4-13(10-15)16-7-8-17(29-16)30(27,28)11-12-3-1-5-14(9-12)18-23-25-26-24-18/h1-10H,11H2,(H,23,24,25,26). The van der Waals surface area contributed by atoms with Gasteiger partial charge in [0.15, 0.2) is 9.84 Å². The molecule has 2 aromatic heterocycles. The number of rotatable bonds is 5. The lowest BCUT2D eigenvalue weighted by Gasteiger charge is -2.07. The Balaban J connectivity index is 1.60. The summed E-state index contributed by atoms with van der Waals surface area (Å²) in [5.41, 5.74) is 0.685. The van der Waals surface area contributed by atoms with E-state index < -0.39 is 21.6 Å². The molecule has 154 valence electrons. The summed E-state index contributed by atoms with van der Waals surface area (Å²) in [4.78, 5) is 0.445. The van der Waals surface area contributed by atoms with Gasteiger partial charge < -0.3 is 0 Å². The maximum absolute atomic E-state index is 12.9. The Hall–Kier alpha value is -3.05. The predicted octanol–water partition coefficient (Wildman–Crippen LogP) is 4.59. The molecule has 4 aromatic rings. The molecule has 4 rings (SSSR count). The number of H-pyrrole nitrogens is 1. The van der Waals surface area contributed by atoms with Crippen LogP contribution in [-0.2, 0) is 21.8 Å². The lowest BCUT2D eigenvalue weighted by Crippen LogP contribution is -2.04. The van der Waals surface area contributed by atoms with Crippen molar-refractivity contribution >= 4 is 21.2 Å². The second-order valence-corrected chi connectivity index (χ2v) is 9.69. The van der Waals surface area contributed by atoms with Crippen molar-refractivity contribution in [1.82, 2.24) is 20.6 Å². The zero-order valence-electron chi connectivity index (χ0n) is 15.1. The fourth-order valence-electron chi connectivity index (χ4n) is 2.87. The highest BCUT2D eigenvalue weighted by molar-refractivity contribution is 7.92. The Morgan fingerprint density at radius 2 is 1.73 bits per heavy atom. The molecule has 0 atom stereocenters. The third-order valence-electron chi connectivity index (χ3n) is 4.25. The first-order chi connectivity index (χ1) is 14.2. The van der Waals surface area contributed by atoms with Gasteiger partial charge in [-0.25, -0.2) is 8.42 Å². The van der Waals surface area contributed by atoms with Crippen molar-refractivity contribution in [3.05, 3.63) is 71.8 Å². The molecule has 11 heteroatoms. The lowest BCUT2D eigenvalue weighted by atomic mass is 10.1. The molecule has 30 heavy (non-hydrogen) atoms. The second-order valence-electron chi connectivity index (χ2n) is 6.39. The van der Waals surface area contributed by atoms with Gasteiger partial charge in [0.1, 0.15) is 4.21 Å². The van der Waals surface area contributed by atoms with E-state index in [-0.39, 0.29) is 9.96 Å². The van der Waals surface area contributed by atoms with Crippen molar-refractivity contribution in [2.75, 3.05) is 0 Å². The first-order valence-corrected chi connectivity index (χ1v) is 11.0. The van der Waals surface area contributed by atoms with Crippen LogP contribution in [0.4, 0.5) is 13.2 Å². The minimum atomic E-state index is -4.47. The van der Waals surface area contributed by atoms with E-state index in [2.05, 4.69) is 20.6 Å². The van der Waals surface area contributed by atoms with Gasteiger partial charge in [-0.3, -0.25) is 0 Å². The van der Waals surface area contributed by atoms with E-state index in [9.17, 15) is 21.6 Å². The maximum Gasteiger partial charge on any atom is 0.416 e. The smallest absolute Gasteiger partial charge is 0.223 e. The largest absolute Gasteiger partial charge is 0.416 e. The van der Waals surface area contributed by atoms with Crippen LogP contribution in [0.5, 0.6) is 0 Å². The molecule has 0 amide bonds. The first kappa shape index (κ1) is 20.2. The van der Waals surface area contributed by atoms with Gasteiger partial charge in [-0.05, 0) is 46.7 Å². The lowest BCUT2D eigenvalue weighted by molar-refractivity contribution is -0.137. The molecule has 0 aliphatic heterocycles. The van der Waals surface area contributed by atoms with Crippen LogP contribution in [0.25, 0.3) is 21.8 Å². The van der Waals surface area contributed by atoms with Gasteiger partial charge in [-0.2, -0.15) is 18.4 Å². The quantitative estimate of drug-likeness (QED) is 0.481. The molecule has 0 radical (unpaired) electrons. The van der Waals surface area contributed by atoms with E-state index in [0.717, 1.165) is 23.5 Å². The molecule has 0 unspecified atom stereocenters. The number of alkyl halides is 3. The van der Waals surface area contributed by atoms with Crippen LogP contribution in [0, 0.1) is 0 Å². The van der Waals surface area contributed by atoms with Crippen molar-refractivity contribution in [1.29, 1.82) is 0 Å². The normalized spacial score (nSPS) is 12.2. The monoisotopic (exact) mass is 450 g/mol. The van der Waals surface area contributed by atoms with Crippen LogP contribution in [-0.4, -0.2) is 29.0 Å². The first-order valence-electron chi connectivity index (χ1n) is 8.55. The zero-order chi connectivity index (χ0) is 21.4. The van der Waals surface area contributed by atoms with E-state index in [1.54, 1.807) is 24.3 Å². The summed E-state index contributed by atoms with van der Waals surface area (Å²) < 4.78 is 64.6. The summed E-state index contributed by atoms with van der Waals surface area (Å²) in [5, 5.41) is 13.6. The fourth-order valence-corrected chi connectivity index (χ4v) is 5.59. The molecule has 0 bridgehead atoms. The molecule has 2 heterocycles. The van der Waals surface area contributed by atoms with Gasteiger partial charge in [-0.15, -0.1) is 21.5 Å². The average molecular weight is 450 g/mol. The molecule has 0 spiro atoms. The number of nitrogens with one attached hydrogen (secondary N) is 1. The number of aromatic amines is 1. The molecule has 0 saturated carbocycles. The van der Waals surface area contributed by atoms with Gasteiger partial charge in [-0.1, -0.05) is 30.3 Å². The predicted molar refractivity (Wildman–Crippen MR) is 105 cm³/mol. The number of halogens is 3. The summed E-state index contributed by atoms with van der Waals surface area (Å²) in [6.07, 6.45) is -4.47. The number of thiophene rings is 1. The zero-order valence-corrected chi connectivity index (χ0v) is 16.7. The van der Waals surface area contributed by atoms with Gasteiger partial charge in [0.2, 0.25) is 5.82 Å². The van der Waals surface area contributed by atoms with E-state index in [1.807, 2.05) is 0 Å². The summed E-state index contributed by atoms with van der Waals surface area (Å²) in [5.74, 6) is 0.0820. The van der Waals surface area contributed by atoms with E-state index in [1.165, 1.54) is 24.3 Å². The van der Waals surface area contributed by atoms with Crippen LogP contribution in [0.15, 0.2) is 64.9 Å². The average Bonchev–Trinajstić information content (AvgIpc) is 3.40. The Labute approximate surface area is 173 Å². The number of tetrazole rings is 1. The highest BCUT2D eigenvalue weighted by atomic mass is 32.2. The molecule has 0 fully saturated rings. The molecule has 1 N–H and O–H groups in total. The van der Waals surface area contributed by atoms with Crippen LogP contribution in [0.1, 0.15) is 11.1 Å². The van der Waals surface area contributed by atoms with Crippen molar-refractivity contribution in [2.45, 2.75) is 16.1 Å². The molecule has 6 nitrogen and oxygen atoms in total. The van der Waals surface area contributed by atoms with Crippen molar-refractivity contribution in [2.24, 2.45) is 0 Å². The summed E-state index contributed by atoms with van der Waals surface area (Å²) >= 11 is 0.938. The number of nitrogens with zero attached hydrogens (tertiary/aromatic N) is 3. The van der Waals surface area contributed by atoms with Gasteiger partial charge in [0.25, 0.3) is 0 Å². The summed E-state index contributed by atoms with van der Waals surface area (Å²) in [7, 11) is -3.69. The van der Waals surface area contributed by atoms with Crippen molar-refractivity contribution < 1.29 is 21.6 Å². The van der Waals surface area contributed by atoms with Crippen LogP contribution < -0.4 is 0 Å². The Kier molecular flexibility index (Phi) is 5.16. The maximum atomic E-state index is 12.9. The highest BCUT2D eigenvalue weighted by Gasteiger charge is 2.30. The van der Waals surface area contributed by atoms with E-state index >= 15 is 0 Å². The molecule has 0 aliphatic carbocycles. The van der Waals surface area contributed by atoms with Gasteiger partial charge >= 0.3 is 6.18 Å². The van der Waals surface area contributed by atoms with Crippen LogP contribution >= 0.6 is 11.3 Å². The topological polar surface area (TPSA) is 88.6 Å². The van der Waals surface area contributed by atoms with Crippen LogP contribution in [0.2, 0.25) is 0 Å². The fraction of sp³-hybridized carbons (Fsp3) is 0.105.